The third-order valence-corrected chi connectivity index (χ3v) is 3.01. The van der Waals surface area contributed by atoms with E-state index in [1.165, 1.54) is 16.8 Å². The van der Waals surface area contributed by atoms with E-state index < -0.39 is 11.7 Å². The molecule has 3 N–H and O–H groups in total. The Morgan fingerprint density at radius 3 is 2.70 bits per heavy atom. The fourth-order valence-electron chi connectivity index (χ4n) is 2.13. The minimum atomic E-state index is -0.401. The number of hydrogen-bond acceptors (Lipinski definition) is 3. The van der Waals surface area contributed by atoms with Crippen molar-refractivity contribution in [3.05, 3.63) is 41.0 Å². The molecule has 2 aromatic rings. The van der Waals surface area contributed by atoms with Crippen LogP contribution in [0.25, 0.3) is 0 Å². The minimum absolute atomic E-state index is 0.281. The highest BCUT2D eigenvalue weighted by Crippen LogP contribution is 2.19. The van der Waals surface area contributed by atoms with Crippen LogP contribution in [-0.4, -0.2) is 15.7 Å². The number of nitrogens with zero attached hydrogens (tertiary/aromatic N) is 2. The molecule has 0 fully saturated rings. The molecule has 106 valence electrons. The summed E-state index contributed by atoms with van der Waals surface area (Å²) >= 11 is 0. The quantitative estimate of drug-likeness (QED) is 0.903. The average Bonchev–Trinajstić information content (AvgIpc) is 2.62. The smallest absolute Gasteiger partial charge is 0.276 e. The first-order chi connectivity index (χ1) is 9.42. The van der Waals surface area contributed by atoms with Crippen molar-refractivity contribution in [3.63, 3.8) is 0 Å². The lowest BCUT2D eigenvalue weighted by molar-refractivity contribution is 0.101. The van der Waals surface area contributed by atoms with E-state index >= 15 is 0 Å². The van der Waals surface area contributed by atoms with Gasteiger partial charge >= 0.3 is 0 Å². The Labute approximate surface area is 116 Å². The Bertz CT molecular complexity index is 643. The number of benzene rings is 1. The van der Waals surface area contributed by atoms with Gasteiger partial charge in [-0.15, -0.1) is 0 Å². The number of aryl methyl sites for hydroxylation is 3. The summed E-state index contributed by atoms with van der Waals surface area (Å²) in [7, 11) is 1.65. The number of carbonyl (C=O) groups is 1. The van der Waals surface area contributed by atoms with Gasteiger partial charge in [-0.25, -0.2) is 4.39 Å². The summed E-state index contributed by atoms with van der Waals surface area (Å²) in [6.45, 7) is 3.67. The highest BCUT2D eigenvalue weighted by molar-refractivity contribution is 6.06. The molecule has 1 aromatic heterocycles. The van der Waals surface area contributed by atoms with Gasteiger partial charge in [0.1, 0.15) is 11.5 Å². The molecule has 0 aliphatic heterocycles. The highest BCUT2D eigenvalue weighted by atomic mass is 19.1. The molecule has 0 radical (unpaired) electrons. The van der Waals surface area contributed by atoms with Crippen molar-refractivity contribution in [1.29, 1.82) is 0 Å². The van der Waals surface area contributed by atoms with Crippen molar-refractivity contribution in [3.8, 4) is 0 Å². The minimum Gasteiger partial charge on any atom is -0.395 e. The lowest BCUT2D eigenvalue weighted by atomic mass is 10.2. The van der Waals surface area contributed by atoms with E-state index in [0.717, 1.165) is 5.56 Å². The van der Waals surface area contributed by atoms with E-state index in [1.807, 2.05) is 6.92 Å². The summed E-state index contributed by atoms with van der Waals surface area (Å²) in [6.07, 6.45) is 0.645. The lowest BCUT2D eigenvalue weighted by Crippen LogP contribution is -2.17. The maximum absolute atomic E-state index is 13.3. The first kappa shape index (κ1) is 14.0. The van der Waals surface area contributed by atoms with Crippen molar-refractivity contribution < 1.29 is 9.18 Å². The Kier molecular flexibility index (Phi) is 3.74. The topological polar surface area (TPSA) is 72.9 Å². The van der Waals surface area contributed by atoms with E-state index in [-0.39, 0.29) is 5.69 Å². The van der Waals surface area contributed by atoms with Gasteiger partial charge in [-0.2, -0.15) is 5.10 Å². The Morgan fingerprint density at radius 1 is 1.45 bits per heavy atom. The normalized spacial score (nSPS) is 10.6. The molecule has 0 bridgehead atoms. The van der Waals surface area contributed by atoms with E-state index in [2.05, 4.69) is 10.4 Å². The Morgan fingerprint density at radius 2 is 2.15 bits per heavy atom. The summed E-state index contributed by atoms with van der Waals surface area (Å²) in [6, 6.07) is 4.34. The molecule has 1 amide bonds. The van der Waals surface area contributed by atoms with Crippen molar-refractivity contribution in [2.24, 2.45) is 7.05 Å². The van der Waals surface area contributed by atoms with E-state index in [0.29, 0.717) is 23.5 Å². The maximum Gasteiger partial charge on any atom is 0.276 e. The molecule has 0 atom stereocenters. The van der Waals surface area contributed by atoms with Crippen molar-refractivity contribution in [1.82, 2.24) is 9.78 Å². The van der Waals surface area contributed by atoms with Crippen LogP contribution in [0.5, 0.6) is 0 Å². The van der Waals surface area contributed by atoms with Gasteiger partial charge in [0.05, 0.1) is 11.4 Å². The molecule has 0 aliphatic rings. The number of nitrogens with two attached hydrogens (primary N) is 1. The van der Waals surface area contributed by atoms with E-state index in [1.54, 1.807) is 20.0 Å². The fraction of sp³-hybridized carbons (Fsp3) is 0.286. The monoisotopic (exact) mass is 276 g/mol. The molecule has 1 aromatic carbocycles. The second-order valence-electron chi connectivity index (χ2n) is 4.66. The van der Waals surface area contributed by atoms with Crippen LogP contribution in [-0.2, 0) is 13.5 Å². The van der Waals surface area contributed by atoms with Gasteiger partial charge in [-0.3, -0.25) is 9.48 Å². The van der Waals surface area contributed by atoms with Crippen LogP contribution in [0.2, 0.25) is 0 Å². The highest BCUT2D eigenvalue weighted by Gasteiger charge is 2.19. The van der Waals surface area contributed by atoms with Crippen LogP contribution >= 0.6 is 0 Å². The summed E-state index contributed by atoms with van der Waals surface area (Å²) in [5, 5.41) is 6.82. The Hall–Kier alpha value is -2.37. The summed E-state index contributed by atoms with van der Waals surface area (Å²) in [5.74, 6) is -0.797. The van der Waals surface area contributed by atoms with Crippen LogP contribution in [0.3, 0.4) is 0 Å². The molecule has 20 heavy (non-hydrogen) atoms. The lowest BCUT2D eigenvalue weighted by Gasteiger charge is -2.07. The first-order valence-corrected chi connectivity index (χ1v) is 6.32. The predicted molar refractivity (Wildman–Crippen MR) is 76.1 cm³/mol. The van der Waals surface area contributed by atoms with Gasteiger partial charge in [0.25, 0.3) is 5.91 Å². The van der Waals surface area contributed by atoms with Gasteiger partial charge in [-0.1, -0.05) is 6.92 Å². The van der Waals surface area contributed by atoms with Gasteiger partial charge in [0.2, 0.25) is 0 Å². The second-order valence-corrected chi connectivity index (χ2v) is 4.66. The van der Waals surface area contributed by atoms with Crippen molar-refractivity contribution >= 4 is 17.3 Å². The van der Waals surface area contributed by atoms with E-state index in [4.69, 9.17) is 5.73 Å². The number of halogens is 1. The molecule has 0 saturated carbocycles. The molecule has 0 spiro atoms. The number of aromatic nitrogens is 2. The standard InChI is InChI=1S/C14H17FN4O/c1-4-11-12(16)13(19(3)18-11)14(20)17-10-6-8(2)5-9(15)7-10/h5-7H,4,16H2,1-3H3,(H,17,20). The first-order valence-electron chi connectivity index (χ1n) is 6.32. The van der Waals surface area contributed by atoms with Gasteiger partial charge in [0.15, 0.2) is 0 Å². The Balaban J connectivity index is 2.30. The summed E-state index contributed by atoms with van der Waals surface area (Å²) < 4.78 is 14.7. The SMILES string of the molecule is CCc1nn(C)c(C(=O)Nc2cc(C)cc(F)c2)c1N. The molecule has 0 unspecified atom stereocenters. The van der Waals surface area contributed by atoms with Crippen LogP contribution in [0.1, 0.15) is 28.7 Å². The van der Waals surface area contributed by atoms with Crippen molar-refractivity contribution in [2.75, 3.05) is 11.1 Å². The molecular formula is C14H17FN4O. The van der Waals surface area contributed by atoms with Crippen LogP contribution in [0.4, 0.5) is 15.8 Å². The molecule has 0 aliphatic carbocycles. The third kappa shape index (κ3) is 2.64. The zero-order valence-electron chi connectivity index (χ0n) is 11.7. The number of carbonyl (C=O) groups excluding carboxylic acids is 1. The number of hydrogen-bond donors (Lipinski definition) is 2. The number of rotatable bonds is 3. The number of nitrogens with one attached hydrogen (secondary N) is 1. The van der Waals surface area contributed by atoms with Crippen LogP contribution < -0.4 is 11.1 Å². The molecule has 1 heterocycles. The van der Waals surface area contributed by atoms with Gasteiger partial charge < -0.3 is 11.1 Å². The summed E-state index contributed by atoms with van der Waals surface area (Å²) in [5.41, 5.74) is 8.35. The van der Waals surface area contributed by atoms with Gasteiger partial charge in [-0.05, 0) is 37.1 Å². The van der Waals surface area contributed by atoms with E-state index in [9.17, 15) is 9.18 Å². The van der Waals surface area contributed by atoms with Crippen molar-refractivity contribution in [2.45, 2.75) is 20.3 Å². The van der Waals surface area contributed by atoms with Gasteiger partial charge in [0, 0.05) is 12.7 Å². The maximum atomic E-state index is 13.3. The predicted octanol–water partition coefficient (Wildman–Crippen LogP) is 2.26. The molecule has 5 nitrogen and oxygen atoms in total. The zero-order valence-corrected chi connectivity index (χ0v) is 11.7. The number of amides is 1. The van der Waals surface area contributed by atoms with Crippen LogP contribution in [0, 0.1) is 12.7 Å². The molecule has 6 heteroatoms. The van der Waals surface area contributed by atoms with Crippen LogP contribution in [0.15, 0.2) is 18.2 Å². The molecule has 0 saturated heterocycles. The molecule has 2 rings (SSSR count). The second kappa shape index (κ2) is 5.32. The zero-order chi connectivity index (χ0) is 14.9. The average molecular weight is 276 g/mol. The number of nitrogen functional groups attached to an aromatic ring is 1. The fourth-order valence-corrected chi connectivity index (χ4v) is 2.13. The summed E-state index contributed by atoms with van der Waals surface area (Å²) in [4.78, 5) is 12.2. The largest absolute Gasteiger partial charge is 0.395 e. The third-order valence-electron chi connectivity index (χ3n) is 3.01. The molecular weight excluding hydrogens is 259 g/mol. The number of anilines is 2.